The van der Waals surface area contributed by atoms with Crippen LogP contribution >= 0.6 is 15.9 Å². The van der Waals surface area contributed by atoms with Gasteiger partial charge in [0.1, 0.15) is 11.6 Å². The third kappa shape index (κ3) is 4.33. The zero-order valence-corrected chi connectivity index (χ0v) is 11.1. The molecule has 0 unspecified atom stereocenters. The first-order chi connectivity index (χ1) is 8.40. The standard InChI is InChI=1S/C11H11BrFNO4/c1-6(11(14)16)18-10(15)5-17-9-3-2-7(13)4-8(9)12/h2-4,6H,5H2,1H3,(H2,14,16)/t6-/m0/s1. The Morgan fingerprint density at radius 2 is 2.17 bits per heavy atom. The summed E-state index contributed by atoms with van der Waals surface area (Å²) < 4.78 is 22.9. The van der Waals surface area contributed by atoms with Crippen molar-refractivity contribution in [2.45, 2.75) is 13.0 Å². The number of ether oxygens (including phenoxy) is 2. The van der Waals surface area contributed by atoms with Crippen molar-refractivity contribution in [2.75, 3.05) is 6.61 Å². The van der Waals surface area contributed by atoms with Gasteiger partial charge in [0.15, 0.2) is 12.7 Å². The maximum absolute atomic E-state index is 12.8. The minimum atomic E-state index is -1.02. The number of rotatable bonds is 5. The number of carbonyl (C=O) groups excluding carboxylic acids is 2. The highest BCUT2D eigenvalue weighted by Crippen LogP contribution is 2.25. The Balaban J connectivity index is 2.50. The van der Waals surface area contributed by atoms with Gasteiger partial charge in [-0.15, -0.1) is 0 Å². The second-order valence-corrected chi connectivity index (χ2v) is 4.25. The molecule has 7 heteroatoms. The van der Waals surface area contributed by atoms with Crippen molar-refractivity contribution in [3.8, 4) is 5.75 Å². The molecule has 5 nitrogen and oxygen atoms in total. The summed E-state index contributed by atoms with van der Waals surface area (Å²) in [7, 11) is 0. The number of halogens is 2. The molecule has 0 aliphatic rings. The predicted molar refractivity (Wildman–Crippen MR) is 64.3 cm³/mol. The normalized spacial score (nSPS) is 11.7. The molecule has 0 aliphatic heterocycles. The zero-order valence-electron chi connectivity index (χ0n) is 9.48. The zero-order chi connectivity index (χ0) is 13.7. The smallest absolute Gasteiger partial charge is 0.344 e. The van der Waals surface area contributed by atoms with Crippen LogP contribution in [0.15, 0.2) is 22.7 Å². The van der Waals surface area contributed by atoms with Crippen LogP contribution in [0.5, 0.6) is 5.75 Å². The molecular weight excluding hydrogens is 309 g/mol. The van der Waals surface area contributed by atoms with Gasteiger partial charge in [0.25, 0.3) is 5.91 Å². The number of hydrogen-bond acceptors (Lipinski definition) is 4. The average Bonchev–Trinajstić information content (AvgIpc) is 2.27. The fourth-order valence-electron chi connectivity index (χ4n) is 1.02. The Hall–Kier alpha value is -1.63. The molecule has 1 rings (SSSR count). The maximum Gasteiger partial charge on any atom is 0.344 e. The Kier molecular flexibility index (Phi) is 5.08. The van der Waals surface area contributed by atoms with Crippen molar-refractivity contribution in [2.24, 2.45) is 5.73 Å². The lowest BCUT2D eigenvalue weighted by molar-refractivity contribution is -0.155. The number of amides is 1. The van der Waals surface area contributed by atoms with Gasteiger partial charge in [-0.1, -0.05) is 0 Å². The van der Waals surface area contributed by atoms with Crippen LogP contribution in [0.3, 0.4) is 0 Å². The number of primary amides is 1. The van der Waals surface area contributed by atoms with E-state index in [1.54, 1.807) is 0 Å². The van der Waals surface area contributed by atoms with Gasteiger partial charge in [-0.25, -0.2) is 9.18 Å². The van der Waals surface area contributed by atoms with Crippen LogP contribution in [0, 0.1) is 5.82 Å². The van der Waals surface area contributed by atoms with E-state index < -0.39 is 30.4 Å². The Morgan fingerprint density at radius 1 is 1.50 bits per heavy atom. The Labute approximate surface area is 111 Å². The SMILES string of the molecule is C[C@H](OC(=O)COc1ccc(F)cc1Br)C(N)=O. The van der Waals surface area contributed by atoms with E-state index in [9.17, 15) is 14.0 Å². The lowest BCUT2D eigenvalue weighted by atomic mass is 10.3. The molecule has 0 spiro atoms. The summed E-state index contributed by atoms with van der Waals surface area (Å²) in [6.45, 7) is 0.954. The molecule has 0 radical (unpaired) electrons. The quantitative estimate of drug-likeness (QED) is 0.832. The lowest BCUT2D eigenvalue weighted by Gasteiger charge is -2.11. The lowest BCUT2D eigenvalue weighted by Crippen LogP contribution is -2.32. The topological polar surface area (TPSA) is 78.6 Å². The maximum atomic E-state index is 12.8. The highest BCUT2D eigenvalue weighted by molar-refractivity contribution is 9.10. The molecule has 1 aromatic carbocycles. The molecule has 1 aromatic rings. The van der Waals surface area contributed by atoms with Gasteiger partial charge < -0.3 is 15.2 Å². The molecule has 0 saturated carbocycles. The summed E-state index contributed by atoms with van der Waals surface area (Å²) >= 11 is 3.08. The van der Waals surface area contributed by atoms with Crippen molar-refractivity contribution in [3.05, 3.63) is 28.5 Å². The van der Waals surface area contributed by atoms with Gasteiger partial charge in [0, 0.05) is 0 Å². The van der Waals surface area contributed by atoms with Crippen LogP contribution in [-0.2, 0) is 14.3 Å². The van der Waals surface area contributed by atoms with Crippen LogP contribution in [0.25, 0.3) is 0 Å². The summed E-state index contributed by atoms with van der Waals surface area (Å²) in [6, 6.07) is 3.76. The third-order valence-corrected chi connectivity index (χ3v) is 2.57. The molecule has 0 bridgehead atoms. The van der Waals surface area contributed by atoms with E-state index in [2.05, 4.69) is 20.7 Å². The number of esters is 1. The Bertz CT molecular complexity index is 466. The van der Waals surface area contributed by atoms with Gasteiger partial charge in [-0.3, -0.25) is 4.79 Å². The van der Waals surface area contributed by atoms with E-state index in [1.807, 2.05) is 0 Å². The van der Waals surface area contributed by atoms with E-state index in [1.165, 1.54) is 25.1 Å². The van der Waals surface area contributed by atoms with Crippen LogP contribution in [0.2, 0.25) is 0 Å². The highest BCUT2D eigenvalue weighted by atomic mass is 79.9. The molecule has 0 heterocycles. The second kappa shape index (κ2) is 6.34. The molecule has 0 fully saturated rings. The van der Waals surface area contributed by atoms with Crippen molar-refractivity contribution >= 4 is 27.8 Å². The van der Waals surface area contributed by atoms with Crippen LogP contribution in [0.4, 0.5) is 4.39 Å². The molecule has 1 atom stereocenters. The van der Waals surface area contributed by atoms with Crippen LogP contribution in [0.1, 0.15) is 6.92 Å². The van der Waals surface area contributed by atoms with E-state index in [4.69, 9.17) is 10.5 Å². The summed E-state index contributed by atoms with van der Waals surface area (Å²) in [5, 5.41) is 0. The first kappa shape index (κ1) is 14.4. The van der Waals surface area contributed by atoms with Crippen molar-refractivity contribution in [1.29, 1.82) is 0 Å². The van der Waals surface area contributed by atoms with Gasteiger partial charge >= 0.3 is 5.97 Å². The van der Waals surface area contributed by atoms with E-state index in [-0.39, 0.29) is 0 Å². The number of hydrogen-bond donors (Lipinski definition) is 1. The molecule has 0 aromatic heterocycles. The monoisotopic (exact) mass is 319 g/mol. The first-order valence-electron chi connectivity index (χ1n) is 4.97. The summed E-state index contributed by atoms with van der Waals surface area (Å²) in [6.07, 6.45) is -1.02. The largest absolute Gasteiger partial charge is 0.481 e. The van der Waals surface area contributed by atoms with E-state index in [0.29, 0.717) is 10.2 Å². The molecular formula is C11H11BrFNO4. The van der Waals surface area contributed by atoms with Gasteiger partial charge in [-0.05, 0) is 41.1 Å². The van der Waals surface area contributed by atoms with Crippen LogP contribution < -0.4 is 10.5 Å². The molecule has 18 heavy (non-hydrogen) atoms. The average molecular weight is 320 g/mol. The molecule has 0 saturated heterocycles. The van der Waals surface area contributed by atoms with Crippen molar-refractivity contribution in [1.82, 2.24) is 0 Å². The van der Waals surface area contributed by atoms with E-state index in [0.717, 1.165) is 0 Å². The first-order valence-corrected chi connectivity index (χ1v) is 5.76. The number of nitrogens with two attached hydrogens (primary N) is 1. The van der Waals surface area contributed by atoms with Gasteiger partial charge in [0.05, 0.1) is 4.47 Å². The van der Waals surface area contributed by atoms with E-state index >= 15 is 0 Å². The molecule has 2 N–H and O–H groups in total. The second-order valence-electron chi connectivity index (χ2n) is 3.40. The summed E-state index contributed by atoms with van der Waals surface area (Å²) in [5.74, 6) is -1.62. The fraction of sp³-hybridized carbons (Fsp3) is 0.273. The van der Waals surface area contributed by atoms with Gasteiger partial charge in [-0.2, -0.15) is 0 Å². The van der Waals surface area contributed by atoms with Gasteiger partial charge in [0.2, 0.25) is 0 Å². The third-order valence-electron chi connectivity index (χ3n) is 1.95. The highest BCUT2D eigenvalue weighted by Gasteiger charge is 2.15. The number of benzene rings is 1. The molecule has 0 aliphatic carbocycles. The van der Waals surface area contributed by atoms with Crippen molar-refractivity contribution in [3.63, 3.8) is 0 Å². The fourth-order valence-corrected chi connectivity index (χ4v) is 1.48. The molecule has 98 valence electrons. The van der Waals surface area contributed by atoms with Crippen molar-refractivity contribution < 1.29 is 23.5 Å². The number of carbonyl (C=O) groups is 2. The molecule has 1 amide bonds. The minimum absolute atomic E-state index is 0.292. The summed E-state index contributed by atoms with van der Waals surface area (Å²) in [5.41, 5.74) is 4.93. The summed E-state index contributed by atoms with van der Waals surface area (Å²) in [4.78, 5) is 21.9. The van der Waals surface area contributed by atoms with Crippen LogP contribution in [-0.4, -0.2) is 24.6 Å². The minimum Gasteiger partial charge on any atom is -0.481 e. The predicted octanol–water partition coefficient (Wildman–Crippen LogP) is 1.38. The Morgan fingerprint density at radius 3 is 2.72 bits per heavy atom.